The number of nitrogens with zero attached hydrogens (tertiary/aromatic N) is 5. The third-order valence-corrected chi connectivity index (χ3v) is 8.40. The van der Waals surface area contributed by atoms with Crippen molar-refractivity contribution in [3.8, 4) is 23.0 Å². The van der Waals surface area contributed by atoms with Gasteiger partial charge in [-0.3, -0.25) is 4.98 Å². The number of β-amino-alcohol motifs (C(OH)–C–C–N with tert-alkyl or cyclic N) is 1. The number of phenols is 1. The molecule has 0 unspecified atom stereocenters. The number of piperidine rings is 1. The molecule has 3 heterocycles. The van der Waals surface area contributed by atoms with Gasteiger partial charge in [-0.2, -0.15) is 9.97 Å². The van der Waals surface area contributed by atoms with Crippen LogP contribution < -0.4 is 9.64 Å². The van der Waals surface area contributed by atoms with Crippen molar-refractivity contribution in [2.24, 2.45) is 5.41 Å². The zero-order chi connectivity index (χ0) is 27.5. The first kappa shape index (κ1) is 26.5. The Balaban J connectivity index is 1.46. The highest BCUT2D eigenvalue weighted by molar-refractivity contribution is 6.32. The summed E-state index contributed by atoms with van der Waals surface area (Å²) in [7, 11) is 4.08. The van der Waals surface area contributed by atoms with Crippen LogP contribution in [0, 0.1) is 11.2 Å². The molecule has 1 saturated heterocycles. The molecule has 0 amide bonds. The van der Waals surface area contributed by atoms with Gasteiger partial charge in [0.15, 0.2) is 5.82 Å². The number of halogens is 2. The summed E-state index contributed by atoms with van der Waals surface area (Å²) in [6.45, 7) is 4.18. The van der Waals surface area contributed by atoms with Gasteiger partial charge in [-0.05, 0) is 83.2 Å². The number of rotatable bonds is 8. The highest BCUT2D eigenvalue weighted by atomic mass is 35.5. The van der Waals surface area contributed by atoms with E-state index in [0.29, 0.717) is 47.9 Å². The number of benzene rings is 1. The van der Waals surface area contributed by atoms with Gasteiger partial charge in [-0.25, -0.2) is 4.39 Å². The molecule has 0 radical (unpaired) electrons. The van der Waals surface area contributed by atoms with Gasteiger partial charge >= 0.3 is 6.01 Å². The lowest BCUT2D eigenvalue weighted by molar-refractivity contribution is 0.0447. The predicted molar refractivity (Wildman–Crippen MR) is 149 cm³/mol. The van der Waals surface area contributed by atoms with Crippen LogP contribution in [0.1, 0.15) is 56.9 Å². The molecule has 8 nitrogen and oxygen atoms in total. The number of anilines is 1. The van der Waals surface area contributed by atoms with Crippen molar-refractivity contribution in [3.05, 3.63) is 34.7 Å². The van der Waals surface area contributed by atoms with Crippen LogP contribution >= 0.6 is 11.6 Å². The van der Waals surface area contributed by atoms with Crippen molar-refractivity contribution < 1.29 is 19.3 Å². The zero-order valence-electron chi connectivity index (χ0n) is 22.7. The molecular weight excluding hydrogens is 521 g/mol. The summed E-state index contributed by atoms with van der Waals surface area (Å²) in [5.74, 6) is 0.0654. The average Bonchev–Trinajstić information content (AvgIpc) is 3.79. The standard InChI is InChI=1S/C29H35ClFN5O3/c1-28(38)7-4-10-36(14-28)26-20-13-32-24(19-11-18(37)12-21(30)22(19)17-5-6-17)23(31)25(20)33-27(34-26)39-16-29(8-9-29)15-35(2)3/h11-13,17,37-38H,4-10,14-16H2,1-3H3/t28-/m1/s1. The third kappa shape index (κ3) is 5.36. The summed E-state index contributed by atoms with van der Waals surface area (Å²) < 4.78 is 22.6. The molecule has 0 spiro atoms. The number of pyridine rings is 1. The van der Waals surface area contributed by atoms with Crippen LogP contribution in [-0.4, -0.2) is 76.0 Å². The molecule has 3 fully saturated rings. The molecule has 3 aliphatic rings. The Morgan fingerprint density at radius 1 is 1.21 bits per heavy atom. The second-order valence-corrected chi connectivity index (χ2v) is 12.6. The van der Waals surface area contributed by atoms with Gasteiger partial charge in [-0.15, -0.1) is 0 Å². The molecule has 1 aromatic carbocycles. The van der Waals surface area contributed by atoms with Crippen LogP contribution in [0.4, 0.5) is 10.2 Å². The van der Waals surface area contributed by atoms with E-state index in [2.05, 4.69) is 14.9 Å². The van der Waals surface area contributed by atoms with E-state index in [-0.39, 0.29) is 34.3 Å². The summed E-state index contributed by atoms with van der Waals surface area (Å²) in [5, 5.41) is 21.9. The Hall–Kier alpha value is -2.75. The maximum atomic E-state index is 16.4. The Kier molecular flexibility index (Phi) is 6.59. The fourth-order valence-electron chi connectivity index (χ4n) is 5.92. The first-order valence-electron chi connectivity index (χ1n) is 13.7. The minimum atomic E-state index is -0.885. The molecule has 1 aliphatic heterocycles. The largest absolute Gasteiger partial charge is 0.508 e. The molecule has 6 rings (SSSR count). The average molecular weight is 556 g/mol. The number of phenolic OH excluding ortho intramolecular Hbond substituents is 1. The molecule has 10 heteroatoms. The Bertz CT molecular complexity index is 1420. The number of fused-ring (bicyclic) bond motifs is 1. The van der Waals surface area contributed by atoms with E-state index in [0.717, 1.165) is 44.2 Å². The van der Waals surface area contributed by atoms with E-state index in [1.165, 1.54) is 12.1 Å². The van der Waals surface area contributed by atoms with Gasteiger partial charge in [0.25, 0.3) is 0 Å². The van der Waals surface area contributed by atoms with Gasteiger partial charge in [0.1, 0.15) is 22.8 Å². The Morgan fingerprint density at radius 3 is 2.64 bits per heavy atom. The highest BCUT2D eigenvalue weighted by Crippen LogP contribution is 2.49. The minimum absolute atomic E-state index is 0.0423. The van der Waals surface area contributed by atoms with Gasteiger partial charge < -0.3 is 24.7 Å². The topological polar surface area (TPSA) is 94.8 Å². The summed E-state index contributed by atoms with van der Waals surface area (Å²) in [4.78, 5) is 17.9. The number of aliphatic hydroxyl groups is 1. The minimum Gasteiger partial charge on any atom is -0.508 e. The molecular formula is C29H35ClFN5O3. The predicted octanol–water partition coefficient (Wildman–Crippen LogP) is 5.14. The van der Waals surface area contributed by atoms with Gasteiger partial charge in [0.05, 0.1) is 17.6 Å². The van der Waals surface area contributed by atoms with Crippen LogP contribution in [-0.2, 0) is 0 Å². The summed E-state index contributed by atoms with van der Waals surface area (Å²) >= 11 is 6.50. The molecule has 2 saturated carbocycles. The van der Waals surface area contributed by atoms with E-state index in [1.807, 2.05) is 19.0 Å². The van der Waals surface area contributed by atoms with Crippen LogP contribution in [0.3, 0.4) is 0 Å². The lowest BCUT2D eigenvalue weighted by atomic mass is 9.95. The molecule has 0 bridgehead atoms. The monoisotopic (exact) mass is 555 g/mol. The molecule has 3 aromatic rings. The molecule has 2 aliphatic carbocycles. The van der Waals surface area contributed by atoms with Gasteiger partial charge in [-0.1, -0.05) is 11.6 Å². The van der Waals surface area contributed by atoms with Crippen molar-refractivity contribution in [1.82, 2.24) is 19.9 Å². The quantitative estimate of drug-likeness (QED) is 0.394. The highest BCUT2D eigenvalue weighted by Gasteiger charge is 2.44. The maximum absolute atomic E-state index is 16.4. The molecule has 2 aromatic heterocycles. The second kappa shape index (κ2) is 9.71. The number of hydrogen-bond acceptors (Lipinski definition) is 8. The van der Waals surface area contributed by atoms with Crippen molar-refractivity contribution in [2.75, 3.05) is 45.2 Å². The van der Waals surface area contributed by atoms with Crippen molar-refractivity contribution in [3.63, 3.8) is 0 Å². The normalized spacial score (nSPS) is 22.5. The van der Waals surface area contributed by atoms with Crippen molar-refractivity contribution in [2.45, 2.75) is 57.0 Å². The Labute approximate surface area is 232 Å². The lowest BCUT2D eigenvalue weighted by Crippen LogP contribution is -2.46. The fourth-order valence-corrected chi connectivity index (χ4v) is 6.28. The van der Waals surface area contributed by atoms with Gasteiger partial charge in [0.2, 0.25) is 0 Å². The van der Waals surface area contributed by atoms with Crippen LogP contribution in [0.5, 0.6) is 11.8 Å². The number of aromatic hydroxyl groups is 1. The van der Waals surface area contributed by atoms with E-state index in [9.17, 15) is 10.2 Å². The van der Waals surface area contributed by atoms with Crippen molar-refractivity contribution >= 4 is 28.3 Å². The van der Waals surface area contributed by atoms with Crippen LogP contribution in [0.25, 0.3) is 22.2 Å². The second-order valence-electron chi connectivity index (χ2n) is 12.2. The zero-order valence-corrected chi connectivity index (χ0v) is 23.4. The summed E-state index contributed by atoms with van der Waals surface area (Å²) in [6.07, 6.45) is 7.08. The van der Waals surface area contributed by atoms with Crippen LogP contribution in [0.2, 0.25) is 5.02 Å². The molecule has 1 atom stereocenters. The Morgan fingerprint density at radius 2 is 1.97 bits per heavy atom. The lowest BCUT2D eigenvalue weighted by Gasteiger charge is -2.37. The van der Waals surface area contributed by atoms with E-state index < -0.39 is 11.4 Å². The number of hydrogen-bond donors (Lipinski definition) is 2. The number of ether oxygens (including phenoxy) is 1. The van der Waals surface area contributed by atoms with E-state index in [4.69, 9.17) is 21.3 Å². The summed E-state index contributed by atoms with van der Waals surface area (Å²) in [5.41, 5.74) is 0.643. The fraction of sp³-hybridized carbons (Fsp3) is 0.552. The SMILES string of the molecule is CN(C)CC1(COc2nc(N3CCC[C@@](C)(O)C3)c3cnc(-c4cc(O)cc(Cl)c4C4CC4)c(F)c3n2)CC1. The van der Waals surface area contributed by atoms with E-state index >= 15 is 4.39 Å². The molecule has 208 valence electrons. The number of aromatic nitrogens is 3. The van der Waals surface area contributed by atoms with Crippen LogP contribution in [0.15, 0.2) is 18.3 Å². The molecule has 39 heavy (non-hydrogen) atoms. The summed E-state index contributed by atoms with van der Waals surface area (Å²) in [6, 6.07) is 3.13. The van der Waals surface area contributed by atoms with Gasteiger partial charge in [0, 0.05) is 41.8 Å². The first-order chi connectivity index (χ1) is 18.5. The van der Waals surface area contributed by atoms with Crippen molar-refractivity contribution in [1.29, 1.82) is 0 Å². The molecule has 2 N–H and O–H groups in total. The maximum Gasteiger partial charge on any atom is 0.319 e. The third-order valence-electron chi connectivity index (χ3n) is 8.09. The first-order valence-corrected chi connectivity index (χ1v) is 14.1. The smallest absolute Gasteiger partial charge is 0.319 e. The van der Waals surface area contributed by atoms with E-state index in [1.54, 1.807) is 13.1 Å².